The SMILES string of the molecule is Nc1cccc(Sc2cnc(Sc3cccc(N)c3)nc2)c1. The van der Waals surface area contributed by atoms with Crippen LogP contribution >= 0.6 is 23.5 Å². The molecule has 0 saturated heterocycles. The number of hydrogen-bond acceptors (Lipinski definition) is 6. The molecular formula is C16H14N4S2. The van der Waals surface area contributed by atoms with Crippen molar-refractivity contribution in [3.63, 3.8) is 0 Å². The molecule has 3 aromatic rings. The van der Waals surface area contributed by atoms with E-state index >= 15 is 0 Å². The van der Waals surface area contributed by atoms with Gasteiger partial charge in [0, 0.05) is 38.5 Å². The summed E-state index contributed by atoms with van der Waals surface area (Å²) in [5.41, 5.74) is 13.0. The quantitative estimate of drug-likeness (QED) is 0.558. The fourth-order valence-corrected chi connectivity index (χ4v) is 3.40. The van der Waals surface area contributed by atoms with Gasteiger partial charge in [-0.1, -0.05) is 23.9 Å². The van der Waals surface area contributed by atoms with E-state index < -0.39 is 0 Å². The van der Waals surface area contributed by atoms with Crippen LogP contribution in [0.3, 0.4) is 0 Å². The van der Waals surface area contributed by atoms with Gasteiger partial charge < -0.3 is 11.5 Å². The van der Waals surface area contributed by atoms with Gasteiger partial charge in [-0.15, -0.1) is 0 Å². The highest BCUT2D eigenvalue weighted by Gasteiger charge is 2.03. The summed E-state index contributed by atoms with van der Waals surface area (Å²) in [6, 6.07) is 15.4. The lowest BCUT2D eigenvalue weighted by Gasteiger charge is -2.04. The zero-order valence-corrected chi connectivity index (χ0v) is 13.3. The molecule has 0 aliphatic carbocycles. The van der Waals surface area contributed by atoms with E-state index in [1.807, 2.05) is 60.9 Å². The Hall–Kier alpha value is -2.18. The third kappa shape index (κ3) is 3.93. The maximum atomic E-state index is 5.78. The first kappa shape index (κ1) is 14.7. The molecular weight excluding hydrogens is 312 g/mol. The van der Waals surface area contributed by atoms with E-state index in [1.54, 1.807) is 11.8 Å². The molecule has 0 bridgehead atoms. The summed E-state index contributed by atoms with van der Waals surface area (Å²) >= 11 is 3.07. The molecule has 110 valence electrons. The Labute approximate surface area is 137 Å². The van der Waals surface area contributed by atoms with Crippen LogP contribution in [-0.4, -0.2) is 9.97 Å². The van der Waals surface area contributed by atoms with E-state index in [4.69, 9.17) is 11.5 Å². The van der Waals surface area contributed by atoms with Crippen molar-refractivity contribution < 1.29 is 0 Å². The Morgan fingerprint density at radius 1 is 0.682 bits per heavy atom. The lowest BCUT2D eigenvalue weighted by atomic mass is 10.3. The number of hydrogen-bond donors (Lipinski definition) is 2. The normalized spacial score (nSPS) is 10.5. The summed E-state index contributed by atoms with van der Waals surface area (Å²) < 4.78 is 0. The maximum Gasteiger partial charge on any atom is 0.192 e. The fourth-order valence-electron chi connectivity index (χ4n) is 1.81. The van der Waals surface area contributed by atoms with Gasteiger partial charge >= 0.3 is 0 Å². The molecule has 0 fully saturated rings. The number of nitrogen functional groups attached to an aromatic ring is 2. The number of aromatic nitrogens is 2. The van der Waals surface area contributed by atoms with Gasteiger partial charge in [0.1, 0.15) is 0 Å². The smallest absolute Gasteiger partial charge is 0.192 e. The van der Waals surface area contributed by atoms with E-state index in [9.17, 15) is 0 Å². The summed E-state index contributed by atoms with van der Waals surface area (Å²) in [6.07, 6.45) is 3.63. The van der Waals surface area contributed by atoms with Crippen LogP contribution in [0.1, 0.15) is 0 Å². The standard InChI is InChI=1S/C16H14N4S2/c17-11-3-1-5-13(7-11)21-15-9-19-16(20-10-15)22-14-6-2-4-12(18)8-14/h1-10H,17-18H2. The van der Waals surface area contributed by atoms with E-state index in [2.05, 4.69) is 9.97 Å². The Morgan fingerprint density at radius 2 is 1.23 bits per heavy atom. The van der Waals surface area contributed by atoms with Gasteiger partial charge in [0.15, 0.2) is 5.16 Å². The van der Waals surface area contributed by atoms with Gasteiger partial charge in [-0.25, -0.2) is 9.97 Å². The average molecular weight is 326 g/mol. The molecule has 3 rings (SSSR count). The molecule has 0 unspecified atom stereocenters. The Morgan fingerprint density at radius 3 is 1.77 bits per heavy atom. The van der Waals surface area contributed by atoms with Crippen LogP contribution in [0.25, 0.3) is 0 Å². The van der Waals surface area contributed by atoms with E-state index in [0.29, 0.717) is 5.16 Å². The minimum Gasteiger partial charge on any atom is -0.399 e. The lowest BCUT2D eigenvalue weighted by Crippen LogP contribution is -1.88. The number of anilines is 2. The molecule has 0 aliphatic heterocycles. The molecule has 0 radical (unpaired) electrons. The maximum absolute atomic E-state index is 5.78. The van der Waals surface area contributed by atoms with Gasteiger partial charge in [0.2, 0.25) is 0 Å². The minimum absolute atomic E-state index is 0.697. The van der Waals surface area contributed by atoms with E-state index in [0.717, 1.165) is 26.1 Å². The van der Waals surface area contributed by atoms with E-state index in [1.165, 1.54) is 11.8 Å². The first-order valence-corrected chi connectivity index (χ1v) is 8.21. The number of nitrogens with zero attached hydrogens (tertiary/aromatic N) is 2. The molecule has 0 atom stereocenters. The minimum atomic E-state index is 0.697. The zero-order chi connectivity index (χ0) is 15.4. The third-order valence-corrected chi connectivity index (χ3v) is 4.58. The summed E-state index contributed by atoms with van der Waals surface area (Å²) in [6.45, 7) is 0. The van der Waals surface area contributed by atoms with Crippen LogP contribution in [0.5, 0.6) is 0 Å². The number of benzene rings is 2. The van der Waals surface area contributed by atoms with Crippen molar-refractivity contribution in [2.24, 2.45) is 0 Å². The molecule has 1 heterocycles. The predicted octanol–water partition coefficient (Wildman–Crippen LogP) is 3.94. The molecule has 0 amide bonds. The Bertz CT molecular complexity index is 709. The second kappa shape index (κ2) is 6.72. The van der Waals surface area contributed by atoms with Crippen LogP contribution in [-0.2, 0) is 0 Å². The van der Waals surface area contributed by atoms with Crippen LogP contribution in [0.15, 0.2) is 80.8 Å². The van der Waals surface area contributed by atoms with Gasteiger partial charge in [-0.3, -0.25) is 0 Å². The summed E-state index contributed by atoms with van der Waals surface area (Å²) in [4.78, 5) is 11.8. The summed E-state index contributed by atoms with van der Waals surface area (Å²) in [5.74, 6) is 0. The van der Waals surface area contributed by atoms with Crippen molar-refractivity contribution in [3.8, 4) is 0 Å². The molecule has 6 heteroatoms. The number of rotatable bonds is 4. The second-order valence-electron chi connectivity index (χ2n) is 4.55. The number of nitrogens with two attached hydrogens (primary N) is 2. The molecule has 1 aromatic heterocycles. The Kier molecular flexibility index (Phi) is 4.50. The van der Waals surface area contributed by atoms with Crippen molar-refractivity contribution in [1.82, 2.24) is 9.97 Å². The van der Waals surface area contributed by atoms with Gasteiger partial charge in [-0.2, -0.15) is 0 Å². The highest BCUT2D eigenvalue weighted by atomic mass is 32.2. The van der Waals surface area contributed by atoms with Crippen molar-refractivity contribution in [2.75, 3.05) is 11.5 Å². The molecule has 0 spiro atoms. The average Bonchev–Trinajstić information content (AvgIpc) is 2.49. The lowest BCUT2D eigenvalue weighted by molar-refractivity contribution is 0.930. The second-order valence-corrected chi connectivity index (χ2v) is 6.74. The molecule has 0 aliphatic rings. The third-order valence-electron chi connectivity index (χ3n) is 2.77. The first-order valence-electron chi connectivity index (χ1n) is 6.58. The fraction of sp³-hybridized carbons (Fsp3) is 0. The molecule has 0 saturated carbocycles. The van der Waals surface area contributed by atoms with Crippen LogP contribution < -0.4 is 11.5 Å². The van der Waals surface area contributed by atoms with Gasteiger partial charge in [0.05, 0.1) is 0 Å². The van der Waals surface area contributed by atoms with Crippen LogP contribution in [0.4, 0.5) is 11.4 Å². The van der Waals surface area contributed by atoms with Crippen molar-refractivity contribution >= 4 is 34.9 Å². The summed E-state index contributed by atoms with van der Waals surface area (Å²) in [5, 5.41) is 0.697. The predicted molar refractivity (Wildman–Crippen MR) is 92.0 cm³/mol. The van der Waals surface area contributed by atoms with Crippen molar-refractivity contribution in [1.29, 1.82) is 0 Å². The first-order chi connectivity index (χ1) is 10.7. The van der Waals surface area contributed by atoms with Crippen molar-refractivity contribution in [2.45, 2.75) is 19.8 Å². The monoisotopic (exact) mass is 326 g/mol. The topological polar surface area (TPSA) is 77.8 Å². The van der Waals surface area contributed by atoms with Gasteiger partial charge in [-0.05, 0) is 48.2 Å². The summed E-state index contributed by atoms with van der Waals surface area (Å²) in [7, 11) is 0. The molecule has 4 N–H and O–H groups in total. The molecule has 2 aromatic carbocycles. The highest BCUT2D eigenvalue weighted by molar-refractivity contribution is 7.99. The van der Waals surface area contributed by atoms with Gasteiger partial charge in [0.25, 0.3) is 0 Å². The van der Waals surface area contributed by atoms with Crippen molar-refractivity contribution in [3.05, 3.63) is 60.9 Å². The zero-order valence-electron chi connectivity index (χ0n) is 11.6. The highest BCUT2D eigenvalue weighted by Crippen LogP contribution is 2.30. The molecule has 22 heavy (non-hydrogen) atoms. The Balaban J connectivity index is 1.70. The largest absolute Gasteiger partial charge is 0.399 e. The van der Waals surface area contributed by atoms with Crippen LogP contribution in [0.2, 0.25) is 0 Å². The molecule has 4 nitrogen and oxygen atoms in total. The van der Waals surface area contributed by atoms with Crippen LogP contribution in [0, 0.1) is 0 Å². The van der Waals surface area contributed by atoms with E-state index in [-0.39, 0.29) is 0 Å².